The van der Waals surface area contributed by atoms with Crippen LogP contribution in [-0.4, -0.2) is 15.7 Å². The molecule has 3 rings (SSSR count). The van der Waals surface area contributed by atoms with E-state index in [9.17, 15) is 9.59 Å². The second-order valence-electron chi connectivity index (χ2n) is 5.89. The van der Waals surface area contributed by atoms with Crippen LogP contribution in [0.2, 0.25) is 0 Å². The fourth-order valence-electron chi connectivity index (χ4n) is 3.02. The lowest BCUT2D eigenvalue weighted by molar-refractivity contribution is 0.0514. The lowest BCUT2D eigenvalue weighted by atomic mass is 10.1. The molecule has 0 unspecified atom stereocenters. The Morgan fingerprint density at radius 3 is 2.55 bits per heavy atom. The highest BCUT2D eigenvalue weighted by Gasteiger charge is 2.19. The third-order valence-corrected chi connectivity index (χ3v) is 3.93. The molecule has 1 saturated heterocycles. The Bertz CT molecular complexity index is 778. The summed E-state index contributed by atoms with van der Waals surface area (Å²) in [6.45, 7) is 4.96. The summed E-state index contributed by atoms with van der Waals surface area (Å²) in [5.41, 5.74) is 2.62. The number of rotatable bonds is 3. The average Bonchev–Trinajstić information content (AvgIpc) is 2.96. The minimum Gasteiger partial charge on any atom is -0.358 e. The van der Waals surface area contributed by atoms with Gasteiger partial charge in [0.1, 0.15) is 6.23 Å². The summed E-state index contributed by atoms with van der Waals surface area (Å²) < 4.78 is 8.35. The molecule has 22 heavy (non-hydrogen) atoms. The van der Waals surface area contributed by atoms with Crippen molar-refractivity contribution in [2.45, 2.75) is 39.5 Å². The van der Waals surface area contributed by atoms with Crippen molar-refractivity contribution in [3.8, 4) is 0 Å². The molecular weight excluding hydrogens is 280 g/mol. The summed E-state index contributed by atoms with van der Waals surface area (Å²) >= 11 is 0. The maximum atomic E-state index is 12.6. The maximum Gasteiger partial charge on any atom is 0.333 e. The van der Waals surface area contributed by atoms with Gasteiger partial charge in [-0.2, -0.15) is 0 Å². The van der Waals surface area contributed by atoms with Crippen LogP contribution in [0, 0.1) is 13.8 Å². The molecule has 1 aliphatic heterocycles. The molecule has 1 aromatic heterocycles. The van der Waals surface area contributed by atoms with Gasteiger partial charge in [-0.25, -0.2) is 4.79 Å². The monoisotopic (exact) mass is 300 g/mol. The molecule has 0 spiro atoms. The summed E-state index contributed by atoms with van der Waals surface area (Å²) in [5.74, 6) is 0. The fraction of sp³-hybridized carbons (Fsp3) is 0.412. The van der Waals surface area contributed by atoms with E-state index in [-0.39, 0.29) is 24.0 Å². The Hall–Kier alpha value is -2.14. The van der Waals surface area contributed by atoms with Gasteiger partial charge in [-0.3, -0.25) is 13.9 Å². The van der Waals surface area contributed by atoms with Crippen LogP contribution in [0.15, 0.2) is 40.1 Å². The zero-order valence-corrected chi connectivity index (χ0v) is 12.9. The van der Waals surface area contributed by atoms with E-state index >= 15 is 0 Å². The normalized spacial score (nSPS) is 17.8. The quantitative estimate of drug-likeness (QED) is 0.871. The first-order valence-electron chi connectivity index (χ1n) is 7.55. The summed E-state index contributed by atoms with van der Waals surface area (Å²) in [4.78, 5) is 24.7. The predicted molar refractivity (Wildman–Crippen MR) is 84.2 cm³/mol. The third-order valence-electron chi connectivity index (χ3n) is 3.93. The second-order valence-corrected chi connectivity index (χ2v) is 5.89. The molecule has 2 aromatic rings. The molecular formula is C17H20N2O3. The highest BCUT2D eigenvalue weighted by Crippen LogP contribution is 2.20. The van der Waals surface area contributed by atoms with Crippen molar-refractivity contribution in [2.24, 2.45) is 0 Å². The minimum absolute atomic E-state index is 0.251. The SMILES string of the molecule is Cc1cc(C)cc(Cn2c(=O)ccn([C@H]3CCCO3)c2=O)c1. The smallest absolute Gasteiger partial charge is 0.333 e. The van der Waals surface area contributed by atoms with E-state index in [2.05, 4.69) is 6.07 Å². The Morgan fingerprint density at radius 1 is 1.18 bits per heavy atom. The Labute approximate surface area is 128 Å². The first kappa shape index (κ1) is 14.8. The standard InChI is InChI=1S/C17H20N2O3/c1-12-8-13(2)10-14(9-12)11-19-15(20)5-6-18(17(19)21)16-4-3-7-22-16/h5-6,8-10,16H,3-4,7,11H2,1-2H3/t16-/m1/s1. The highest BCUT2D eigenvalue weighted by atomic mass is 16.5. The van der Waals surface area contributed by atoms with E-state index in [4.69, 9.17) is 4.74 Å². The van der Waals surface area contributed by atoms with Gasteiger partial charge >= 0.3 is 5.69 Å². The van der Waals surface area contributed by atoms with Gasteiger partial charge in [0, 0.05) is 18.9 Å². The molecule has 116 valence electrons. The zero-order chi connectivity index (χ0) is 15.7. The molecule has 5 nitrogen and oxygen atoms in total. The predicted octanol–water partition coefficient (Wildman–Crippen LogP) is 1.98. The van der Waals surface area contributed by atoms with Gasteiger partial charge < -0.3 is 4.74 Å². The summed E-state index contributed by atoms with van der Waals surface area (Å²) in [7, 11) is 0. The number of nitrogens with zero attached hydrogens (tertiary/aromatic N) is 2. The summed E-state index contributed by atoms with van der Waals surface area (Å²) in [6.07, 6.45) is 3.03. The van der Waals surface area contributed by atoms with Crippen LogP contribution in [0.5, 0.6) is 0 Å². The lowest BCUT2D eigenvalue weighted by Crippen LogP contribution is -2.40. The van der Waals surface area contributed by atoms with Crippen LogP contribution in [0.25, 0.3) is 0 Å². The van der Waals surface area contributed by atoms with Gasteiger partial charge in [-0.05, 0) is 32.3 Å². The van der Waals surface area contributed by atoms with Crippen molar-refractivity contribution < 1.29 is 4.74 Å². The minimum atomic E-state index is -0.307. The van der Waals surface area contributed by atoms with Gasteiger partial charge in [-0.15, -0.1) is 0 Å². The van der Waals surface area contributed by atoms with Crippen molar-refractivity contribution in [3.05, 3.63) is 68.0 Å². The van der Waals surface area contributed by atoms with E-state index in [0.717, 1.165) is 29.5 Å². The van der Waals surface area contributed by atoms with Crippen molar-refractivity contribution in [2.75, 3.05) is 6.61 Å². The average molecular weight is 300 g/mol. The fourth-order valence-corrected chi connectivity index (χ4v) is 3.02. The maximum absolute atomic E-state index is 12.6. The number of ether oxygens (including phenoxy) is 1. The van der Waals surface area contributed by atoms with Crippen LogP contribution in [-0.2, 0) is 11.3 Å². The van der Waals surface area contributed by atoms with Crippen LogP contribution in [0.4, 0.5) is 0 Å². The number of hydrogen-bond donors (Lipinski definition) is 0. The van der Waals surface area contributed by atoms with Crippen molar-refractivity contribution >= 4 is 0 Å². The van der Waals surface area contributed by atoms with E-state index in [1.54, 1.807) is 6.20 Å². The van der Waals surface area contributed by atoms with Gasteiger partial charge in [0.05, 0.1) is 6.54 Å². The van der Waals surface area contributed by atoms with Crippen molar-refractivity contribution in [3.63, 3.8) is 0 Å². The topological polar surface area (TPSA) is 53.2 Å². The number of aromatic nitrogens is 2. The number of benzene rings is 1. The van der Waals surface area contributed by atoms with E-state index in [1.807, 2.05) is 26.0 Å². The molecule has 1 aliphatic rings. The van der Waals surface area contributed by atoms with E-state index in [0.29, 0.717) is 6.61 Å². The molecule has 5 heteroatoms. The molecule has 0 aliphatic carbocycles. The molecule has 0 bridgehead atoms. The zero-order valence-electron chi connectivity index (χ0n) is 12.9. The first-order chi connectivity index (χ1) is 10.5. The second kappa shape index (κ2) is 5.93. The van der Waals surface area contributed by atoms with Crippen molar-refractivity contribution in [1.29, 1.82) is 0 Å². The number of hydrogen-bond acceptors (Lipinski definition) is 3. The van der Waals surface area contributed by atoms with Gasteiger partial charge in [-0.1, -0.05) is 29.3 Å². The van der Waals surface area contributed by atoms with Gasteiger partial charge in [0.25, 0.3) is 5.56 Å². The molecule has 0 saturated carbocycles. The van der Waals surface area contributed by atoms with Crippen LogP contribution in [0.1, 0.15) is 35.8 Å². The number of aryl methyl sites for hydroxylation is 2. The highest BCUT2D eigenvalue weighted by molar-refractivity contribution is 5.28. The summed E-state index contributed by atoms with van der Waals surface area (Å²) in [6, 6.07) is 7.51. The van der Waals surface area contributed by atoms with E-state index in [1.165, 1.54) is 15.2 Å². The lowest BCUT2D eigenvalue weighted by Gasteiger charge is -2.15. The first-order valence-corrected chi connectivity index (χ1v) is 7.55. The summed E-state index contributed by atoms with van der Waals surface area (Å²) in [5, 5.41) is 0. The Morgan fingerprint density at radius 2 is 1.91 bits per heavy atom. The van der Waals surface area contributed by atoms with Crippen molar-refractivity contribution in [1.82, 2.24) is 9.13 Å². The van der Waals surface area contributed by atoms with Gasteiger partial charge in [0.15, 0.2) is 0 Å². The Kier molecular flexibility index (Phi) is 3.98. The molecule has 1 atom stereocenters. The third kappa shape index (κ3) is 2.90. The molecule has 1 fully saturated rings. The van der Waals surface area contributed by atoms with Crippen LogP contribution < -0.4 is 11.2 Å². The largest absolute Gasteiger partial charge is 0.358 e. The Balaban J connectivity index is 2.01. The van der Waals surface area contributed by atoms with E-state index < -0.39 is 0 Å². The molecule has 1 aromatic carbocycles. The van der Waals surface area contributed by atoms with Gasteiger partial charge in [0.2, 0.25) is 0 Å². The molecule has 2 heterocycles. The molecule has 0 radical (unpaired) electrons. The van der Waals surface area contributed by atoms with Crippen LogP contribution >= 0.6 is 0 Å². The van der Waals surface area contributed by atoms with Crippen LogP contribution in [0.3, 0.4) is 0 Å². The molecule has 0 amide bonds. The molecule has 0 N–H and O–H groups in total.